The number of unbranched alkanes of at least 4 members (excludes halogenated alkanes) is 1. The highest BCUT2D eigenvalue weighted by atomic mass is 16.1. The molecule has 0 saturated carbocycles. The smallest absolute Gasteiger partial charge is 0.255 e. The molecule has 3 heteroatoms. The number of benzene rings is 1. The number of nitrogens with zero attached hydrogens (tertiary/aromatic N) is 1. The Balaban J connectivity index is 2.49. The maximum Gasteiger partial charge on any atom is 0.255 e. The Labute approximate surface area is 132 Å². The van der Waals surface area contributed by atoms with Crippen LogP contribution in [0.1, 0.15) is 50.7 Å². The third-order valence-corrected chi connectivity index (χ3v) is 4.08. The van der Waals surface area contributed by atoms with Gasteiger partial charge in [-0.1, -0.05) is 57.5 Å². The van der Waals surface area contributed by atoms with E-state index in [0.29, 0.717) is 11.5 Å². The van der Waals surface area contributed by atoms with Gasteiger partial charge in [-0.2, -0.15) is 0 Å². The van der Waals surface area contributed by atoms with Crippen molar-refractivity contribution in [2.24, 2.45) is 5.73 Å². The van der Waals surface area contributed by atoms with E-state index in [1.165, 1.54) is 5.56 Å². The van der Waals surface area contributed by atoms with E-state index in [1.807, 2.05) is 16.7 Å². The molecule has 0 aliphatic rings. The summed E-state index contributed by atoms with van der Waals surface area (Å²) in [6.45, 7) is 7.53. The average Bonchev–Trinajstić information content (AvgIpc) is 2.53. The van der Waals surface area contributed by atoms with Gasteiger partial charge in [0.25, 0.3) is 5.56 Å². The second-order valence-corrected chi connectivity index (χ2v) is 6.03. The highest BCUT2D eigenvalue weighted by Gasteiger charge is 2.10. The highest BCUT2D eigenvalue weighted by Crippen LogP contribution is 2.22. The summed E-state index contributed by atoms with van der Waals surface area (Å²) in [7, 11) is 0. The minimum atomic E-state index is 0.0430. The third-order valence-electron chi connectivity index (χ3n) is 4.08. The molecule has 3 nitrogen and oxygen atoms in total. The zero-order chi connectivity index (χ0) is 16.1. The first-order valence-electron chi connectivity index (χ1n) is 8.11. The first-order chi connectivity index (χ1) is 10.6. The summed E-state index contributed by atoms with van der Waals surface area (Å²) in [4.78, 5) is 12.6. The molecule has 2 aromatic rings. The second-order valence-electron chi connectivity index (χ2n) is 6.03. The van der Waals surface area contributed by atoms with Crippen molar-refractivity contribution in [1.82, 2.24) is 4.57 Å². The molecule has 0 atom stereocenters. The summed E-state index contributed by atoms with van der Waals surface area (Å²) in [5.41, 5.74) is 9.77. The number of hydrogen-bond donors (Lipinski definition) is 1. The van der Waals surface area contributed by atoms with E-state index in [-0.39, 0.29) is 12.1 Å². The van der Waals surface area contributed by atoms with E-state index >= 15 is 0 Å². The molecule has 0 amide bonds. The van der Waals surface area contributed by atoms with Gasteiger partial charge in [0.1, 0.15) is 0 Å². The number of rotatable bonds is 6. The zero-order valence-corrected chi connectivity index (χ0v) is 13.8. The minimum Gasteiger partial charge on any atom is -0.326 e. The van der Waals surface area contributed by atoms with E-state index in [4.69, 9.17) is 5.73 Å². The molecular weight excluding hydrogens is 272 g/mol. The molecule has 0 bridgehead atoms. The summed E-state index contributed by atoms with van der Waals surface area (Å²) < 4.78 is 1.87. The molecule has 0 aliphatic carbocycles. The molecule has 0 saturated heterocycles. The fraction of sp³-hybridized carbons (Fsp3) is 0.421. The molecule has 0 aliphatic heterocycles. The lowest BCUT2D eigenvalue weighted by atomic mass is 10.0. The quantitative estimate of drug-likeness (QED) is 0.879. The number of nitrogens with two attached hydrogens (primary N) is 1. The van der Waals surface area contributed by atoms with Crippen molar-refractivity contribution < 1.29 is 0 Å². The minimum absolute atomic E-state index is 0.0430. The first-order valence-corrected chi connectivity index (χ1v) is 8.11. The molecular formula is C19H26N2O. The van der Waals surface area contributed by atoms with E-state index in [0.717, 1.165) is 30.6 Å². The normalized spacial score (nSPS) is 11.1. The molecule has 0 fully saturated rings. The Hall–Kier alpha value is -1.87. The van der Waals surface area contributed by atoms with Crippen molar-refractivity contribution in [2.45, 2.75) is 52.6 Å². The lowest BCUT2D eigenvalue weighted by Crippen LogP contribution is -2.26. The van der Waals surface area contributed by atoms with E-state index in [9.17, 15) is 4.79 Å². The summed E-state index contributed by atoms with van der Waals surface area (Å²) >= 11 is 0. The molecule has 118 valence electrons. The van der Waals surface area contributed by atoms with E-state index in [2.05, 4.69) is 45.0 Å². The molecule has 1 heterocycles. The van der Waals surface area contributed by atoms with Crippen LogP contribution >= 0.6 is 0 Å². The summed E-state index contributed by atoms with van der Waals surface area (Å²) in [6, 6.07) is 12.4. The largest absolute Gasteiger partial charge is 0.326 e. The fourth-order valence-electron chi connectivity index (χ4n) is 2.61. The Morgan fingerprint density at radius 2 is 1.77 bits per heavy atom. The van der Waals surface area contributed by atoms with Gasteiger partial charge in [-0.15, -0.1) is 0 Å². The van der Waals surface area contributed by atoms with Gasteiger partial charge in [-0.25, -0.2) is 0 Å². The number of pyridine rings is 1. The number of hydrogen-bond acceptors (Lipinski definition) is 2. The Morgan fingerprint density at radius 1 is 1.09 bits per heavy atom. The molecule has 1 aromatic heterocycles. The fourth-order valence-corrected chi connectivity index (χ4v) is 2.61. The van der Waals surface area contributed by atoms with Gasteiger partial charge >= 0.3 is 0 Å². The predicted octanol–water partition coefficient (Wildman–Crippen LogP) is 3.90. The van der Waals surface area contributed by atoms with Crippen molar-refractivity contribution in [3.63, 3.8) is 0 Å². The predicted molar refractivity (Wildman–Crippen MR) is 93.0 cm³/mol. The molecule has 2 rings (SSSR count). The van der Waals surface area contributed by atoms with Gasteiger partial charge in [0.05, 0.1) is 5.69 Å². The molecule has 2 N–H and O–H groups in total. The van der Waals surface area contributed by atoms with Crippen LogP contribution in [-0.4, -0.2) is 4.57 Å². The molecule has 22 heavy (non-hydrogen) atoms. The van der Waals surface area contributed by atoms with Gasteiger partial charge in [0, 0.05) is 18.7 Å². The molecule has 0 unspecified atom stereocenters. The summed E-state index contributed by atoms with van der Waals surface area (Å²) in [5.74, 6) is 0.510. The van der Waals surface area contributed by atoms with Crippen LogP contribution in [-0.2, 0) is 13.1 Å². The Kier molecular flexibility index (Phi) is 5.56. The van der Waals surface area contributed by atoms with E-state index in [1.54, 1.807) is 0 Å². The SMILES string of the molecule is CCCCn1c(-c2ccc(C(C)C)cc2)ccc(CN)c1=O. The molecule has 0 spiro atoms. The standard InChI is InChI=1S/C19H26N2O/c1-4-5-12-21-18(11-10-17(13-20)19(21)22)16-8-6-15(7-9-16)14(2)3/h6-11,14H,4-5,12-13,20H2,1-3H3. The maximum absolute atomic E-state index is 12.6. The van der Waals surface area contributed by atoms with Crippen LogP contribution in [0.25, 0.3) is 11.3 Å². The van der Waals surface area contributed by atoms with Crippen molar-refractivity contribution in [2.75, 3.05) is 0 Å². The molecule has 0 radical (unpaired) electrons. The summed E-state index contributed by atoms with van der Waals surface area (Å²) in [5, 5.41) is 0. The second kappa shape index (κ2) is 7.41. The first kappa shape index (κ1) is 16.5. The maximum atomic E-state index is 12.6. The lowest BCUT2D eigenvalue weighted by molar-refractivity contribution is 0.613. The van der Waals surface area contributed by atoms with Gasteiger partial charge in [0.2, 0.25) is 0 Å². The van der Waals surface area contributed by atoms with Crippen molar-refractivity contribution in [1.29, 1.82) is 0 Å². The monoisotopic (exact) mass is 298 g/mol. The van der Waals surface area contributed by atoms with Gasteiger partial charge in [0.15, 0.2) is 0 Å². The van der Waals surface area contributed by atoms with Crippen LogP contribution in [0, 0.1) is 0 Å². The Bertz CT molecular complexity index is 669. The lowest BCUT2D eigenvalue weighted by Gasteiger charge is -2.15. The average molecular weight is 298 g/mol. The van der Waals surface area contributed by atoms with E-state index < -0.39 is 0 Å². The van der Waals surface area contributed by atoms with Crippen LogP contribution in [0.2, 0.25) is 0 Å². The van der Waals surface area contributed by atoms with Crippen LogP contribution in [0.4, 0.5) is 0 Å². The summed E-state index contributed by atoms with van der Waals surface area (Å²) in [6.07, 6.45) is 2.05. The van der Waals surface area contributed by atoms with Crippen molar-refractivity contribution in [3.8, 4) is 11.3 Å². The number of aromatic nitrogens is 1. The Morgan fingerprint density at radius 3 is 2.32 bits per heavy atom. The third kappa shape index (κ3) is 3.47. The van der Waals surface area contributed by atoms with Crippen molar-refractivity contribution >= 4 is 0 Å². The van der Waals surface area contributed by atoms with Gasteiger partial charge < -0.3 is 10.3 Å². The highest BCUT2D eigenvalue weighted by molar-refractivity contribution is 5.60. The van der Waals surface area contributed by atoms with Gasteiger partial charge in [-0.3, -0.25) is 4.79 Å². The zero-order valence-electron chi connectivity index (χ0n) is 13.8. The van der Waals surface area contributed by atoms with Crippen LogP contribution in [0.5, 0.6) is 0 Å². The van der Waals surface area contributed by atoms with Crippen LogP contribution < -0.4 is 11.3 Å². The van der Waals surface area contributed by atoms with Crippen LogP contribution in [0.15, 0.2) is 41.2 Å². The topological polar surface area (TPSA) is 48.0 Å². The van der Waals surface area contributed by atoms with Gasteiger partial charge in [-0.05, 0) is 29.5 Å². The molecule has 1 aromatic carbocycles. The van der Waals surface area contributed by atoms with Crippen LogP contribution in [0.3, 0.4) is 0 Å². The van der Waals surface area contributed by atoms with Crippen molar-refractivity contribution in [3.05, 3.63) is 57.9 Å².